The van der Waals surface area contributed by atoms with E-state index in [1.807, 2.05) is 36.4 Å². The van der Waals surface area contributed by atoms with Gasteiger partial charge in [0.25, 0.3) is 0 Å². The molecule has 1 saturated heterocycles. The van der Waals surface area contributed by atoms with Crippen molar-refractivity contribution < 1.29 is 4.79 Å². The zero-order valence-corrected chi connectivity index (χ0v) is 14.0. The quantitative estimate of drug-likeness (QED) is 0.792. The third-order valence-corrected chi connectivity index (χ3v) is 4.57. The lowest BCUT2D eigenvalue weighted by molar-refractivity contribution is 0.233. The Morgan fingerprint density at radius 2 is 1.62 bits per heavy atom. The van der Waals surface area contributed by atoms with Crippen LogP contribution in [0.2, 0.25) is 0 Å². The van der Waals surface area contributed by atoms with Gasteiger partial charge in [-0.2, -0.15) is 0 Å². The second kappa shape index (κ2) is 7.97. The SMILES string of the molecule is C[C@@H](NC(=O)N[C@H]1CCNC1)C(c1ccccc1)c1ccccc1. The maximum Gasteiger partial charge on any atom is 0.315 e. The van der Waals surface area contributed by atoms with Gasteiger partial charge in [0, 0.05) is 24.5 Å². The summed E-state index contributed by atoms with van der Waals surface area (Å²) in [4.78, 5) is 12.3. The van der Waals surface area contributed by atoms with Gasteiger partial charge in [0.05, 0.1) is 0 Å². The van der Waals surface area contributed by atoms with Crippen LogP contribution in [0.1, 0.15) is 30.4 Å². The second-order valence-corrected chi connectivity index (χ2v) is 6.40. The van der Waals surface area contributed by atoms with Gasteiger partial charge >= 0.3 is 6.03 Å². The Hall–Kier alpha value is -2.33. The Balaban J connectivity index is 1.74. The van der Waals surface area contributed by atoms with Crippen LogP contribution < -0.4 is 16.0 Å². The lowest BCUT2D eigenvalue weighted by Gasteiger charge is -2.27. The average Bonchev–Trinajstić information content (AvgIpc) is 3.10. The minimum absolute atomic E-state index is 0.0100. The Morgan fingerprint density at radius 1 is 1.04 bits per heavy atom. The van der Waals surface area contributed by atoms with Gasteiger partial charge in [-0.25, -0.2) is 4.79 Å². The highest BCUT2D eigenvalue weighted by Crippen LogP contribution is 2.27. The molecular formula is C20H25N3O. The number of benzene rings is 2. The van der Waals surface area contributed by atoms with Crippen molar-refractivity contribution in [1.82, 2.24) is 16.0 Å². The number of urea groups is 1. The monoisotopic (exact) mass is 323 g/mol. The molecule has 1 fully saturated rings. The standard InChI is InChI=1S/C20H25N3O/c1-15(22-20(24)23-18-12-13-21-14-18)19(16-8-4-2-5-9-16)17-10-6-3-7-11-17/h2-11,15,18-19,21H,12-14H2,1H3,(H2,22,23,24)/t15-,18+/m1/s1. The van der Waals surface area contributed by atoms with Crippen LogP contribution in [0.5, 0.6) is 0 Å². The van der Waals surface area contributed by atoms with E-state index in [2.05, 4.69) is 47.1 Å². The van der Waals surface area contributed by atoms with Gasteiger partial charge in [-0.1, -0.05) is 60.7 Å². The number of hydrogen-bond donors (Lipinski definition) is 3. The molecule has 2 atom stereocenters. The molecule has 3 N–H and O–H groups in total. The highest BCUT2D eigenvalue weighted by atomic mass is 16.2. The molecule has 4 heteroatoms. The minimum Gasteiger partial charge on any atom is -0.335 e. The first kappa shape index (κ1) is 16.5. The van der Waals surface area contributed by atoms with E-state index in [1.54, 1.807) is 0 Å². The van der Waals surface area contributed by atoms with Gasteiger partial charge in [-0.3, -0.25) is 0 Å². The van der Waals surface area contributed by atoms with Crippen molar-refractivity contribution in [2.75, 3.05) is 13.1 Å². The molecule has 2 aromatic rings. The highest BCUT2D eigenvalue weighted by molar-refractivity contribution is 5.74. The Morgan fingerprint density at radius 3 is 2.12 bits per heavy atom. The van der Waals surface area contributed by atoms with Crippen LogP contribution in [0, 0.1) is 0 Å². The first-order chi connectivity index (χ1) is 11.7. The maximum absolute atomic E-state index is 12.3. The summed E-state index contributed by atoms with van der Waals surface area (Å²) in [6.07, 6.45) is 0.989. The Kier molecular flexibility index (Phi) is 5.49. The fourth-order valence-electron chi connectivity index (χ4n) is 3.39. The fraction of sp³-hybridized carbons (Fsp3) is 0.350. The molecule has 0 bridgehead atoms. The normalized spacial score (nSPS) is 18.3. The molecule has 1 aliphatic heterocycles. The van der Waals surface area contributed by atoms with Crippen LogP contribution in [-0.4, -0.2) is 31.2 Å². The van der Waals surface area contributed by atoms with Crippen molar-refractivity contribution in [2.24, 2.45) is 0 Å². The molecule has 24 heavy (non-hydrogen) atoms. The highest BCUT2D eigenvalue weighted by Gasteiger charge is 2.24. The van der Waals surface area contributed by atoms with Gasteiger partial charge < -0.3 is 16.0 Å². The summed E-state index contributed by atoms with van der Waals surface area (Å²) < 4.78 is 0. The number of amides is 2. The third kappa shape index (κ3) is 4.15. The van der Waals surface area contributed by atoms with E-state index >= 15 is 0 Å². The van der Waals surface area contributed by atoms with Gasteiger partial charge in [0.2, 0.25) is 0 Å². The summed E-state index contributed by atoms with van der Waals surface area (Å²) in [5, 5.41) is 9.44. The fourth-order valence-corrected chi connectivity index (χ4v) is 3.39. The first-order valence-electron chi connectivity index (χ1n) is 8.61. The summed E-state index contributed by atoms with van der Waals surface area (Å²) in [5.41, 5.74) is 2.41. The molecule has 2 aromatic carbocycles. The second-order valence-electron chi connectivity index (χ2n) is 6.40. The number of hydrogen-bond acceptors (Lipinski definition) is 2. The number of carbonyl (C=O) groups excluding carboxylic acids is 1. The zero-order valence-electron chi connectivity index (χ0n) is 14.0. The van der Waals surface area contributed by atoms with Gasteiger partial charge in [-0.05, 0) is 31.0 Å². The maximum atomic E-state index is 12.3. The molecule has 1 heterocycles. The molecule has 0 saturated carbocycles. The van der Waals surface area contributed by atoms with Gasteiger partial charge in [0.1, 0.15) is 0 Å². The lowest BCUT2D eigenvalue weighted by Crippen LogP contribution is -2.47. The van der Waals surface area contributed by atoms with Crippen molar-refractivity contribution in [3.05, 3.63) is 71.8 Å². The van der Waals surface area contributed by atoms with Crippen molar-refractivity contribution in [1.29, 1.82) is 0 Å². The van der Waals surface area contributed by atoms with Crippen molar-refractivity contribution >= 4 is 6.03 Å². The lowest BCUT2D eigenvalue weighted by atomic mass is 9.86. The molecule has 4 nitrogen and oxygen atoms in total. The Bertz CT molecular complexity index is 599. The van der Waals surface area contributed by atoms with Gasteiger partial charge in [0.15, 0.2) is 0 Å². The van der Waals surface area contributed by atoms with Crippen molar-refractivity contribution in [3.8, 4) is 0 Å². The van der Waals surface area contributed by atoms with Crippen LogP contribution in [0.15, 0.2) is 60.7 Å². The van der Waals surface area contributed by atoms with Crippen LogP contribution in [-0.2, 0) is 0 Å². The summed E-state index contributed by atoms with van der Waals surface area (Å²) in [7, 11) is 0. The van der Waals surface area contributed by atoms with Crippen molar-refractivity contribution in [2.45, 2.75) is 31.3 Å². The molecule has 0 radical (unpaired) electrons. The number of nitrogens with one attached hydrogen (secondary N) is 3. The Labute approximate surface area is 143 Å². The van der Waals surface area contributed by atoms with Crippen molar-refractivity contribution in [3.63, 3.8) is 0 Å². The number of rotatable bonds is 5. The first-order valence-corrected chi connectivity index (χ1v) is 8.61. The summed E-state index contributed by atoms with van der Waals surface area (Å²) in [6, 6.07) is 20.8. The zero-order chi connectivity index (χ0) is 16.8. The van der Waals surface area contributed by atoms with E-state index in [-0.39, 0.29) is 24.0 Å². The van der Waals surface area contributed by atoms with E-state index in [0.717, 1.165) is 19.5 Å². The van der Waals surface area contributed by atoms with E-state index < -0.39 is 0 Å². The number of carbonyl (C=O) groups is 1. The minimum atomic E-state index is -0.0898. The van der Waals surface area contributed by atoms with Crippen LogP contribution in [0.25, 0.3) is 0 Å². The van der Waals surface area contributed by atoms with E-state index in [1.165, 1.54) is 11.1 Å². The molecule has 0 unspecified atom stereocenters. The molecular weight excluding hydrogens is 298 g/mol. The molecule has 2 amide bonds. The largest absolute Gasteiger partial charge is 0.335 e. The van der Waals surface area contributed by atoms with E-state index in [4.69, 9.17) is 0 Å². The van der Waals surface area contributed by atoms with E-state index in [0.29, 0.717) is 0 Å². The van der Waals surface area contributed by atoms with Gasteiger partial charge in [-0.15, -0.1) is 0 Å². The predicted octanol–water partition coefficient (Wildman–Crippen LogP) is 2.87. The molecule has 0 aromatic heterocycles. The summed E-state index contributed by atoms with van der Waals surface area (Å²) in [5.74, 6) is 0.125. The summed E-state index contributed by atoms with van der Waals surface area (Å²) in [6.45, 7) is 3.89. The van der Waals surface area contributed by atoms with Crippen LogP contribution >= 0.6 is 0 Å². The molecule has 0 spiro atoms. The molecule has 3 rings (SSSR count). The average molecular weight is 323 g/mol. The third-order valence-electron chi connectivity index (χ3n) is 4.57. The molecule has 0 aliphatic carbocycles. The van der Waals surface area contributed by atoms with E-state index in [9.17, 15) is 4.79 Å². The molecule has 126 valence electrons. The topological polar surface area (TPSA) is 53.2 Å². The smallest absolute Gasteiger partial charge is 0.315 e. The summed E-state index contributed by atoms with van der Waals surface area (Å²) >= 11 is 0. The predicted molar refractivity (Wildman–Crippen MR) is 97.1 cm³/mol. The van der Waals surface area contributed by atoms with Crippen LogP contribution in [0.3, 0.4) is 0 Å². The molecule has 1 aliphatic rings. The van der Waals surface area contributed by atoms with Crippen LogP contribution in [0.4, 0.5) is 4.79 Å².